The van der Waals surface area contributed by atoms with Crippen LogP contribution in [-0.4, -0.2) is 60.4 Å². The van der Waals surface area contributed by atoms with Crippen molar-refractivity contribution in [3.8, 4) is 11.4 Å². The Hall–Kier alpha value is -2.87. The van der Waals surface area contributed by atoms with Crippen molar-refractivity contribution >= 4 is 44.9 Å². The number of ether oxygens (including phenoxy) is 1. The molecule has 2 aliphatic heterocycles. The molecule has 170 valence electrons. The van der Waals surface area contributed by atoms with Crippen molar-refractivity contribution in [1.29, 1.82) is 0 Å². The summed E-state index contributed by atoms with van der Waals surface area (Å²) in [5.41, 5.74) is 6.09. The number of fused-ring (bicyclic) bond motifs is 2. The molecule has 0 unspecified atom stereocenters. The van der Waals surface area contributed by atoms with Gasteiger partial charge in [-0.2, -0.15) is 0 Å². The molecule has 0 atom stereocenters. The van der Waals surface area contributed by atoms with Crippen LogP contribution >= 0.6 is 11.6 Å². The van der Waals surface area contributed by atoms with Gasteiger partial charge >= 0.3 is 0 Å². The highest BCUT2D eigenvalue weighted by atomic mass is 35.5. The fraction of sp³-hybridized carbons (Fsp3) is 0.360. The monoisotopic (exact) mass is 462 g/mol. The summed E-state index contributed by atoms with van der Waals surface area (Å²) in [6.07, 6.45) is 4.07. The predicted molar refractivity (Wildman–Crippen MR) is 134 cm³/mol. The van der Waals surface area contributed by atoms with Crippen molar-refractivity contribution in [3.63, 3.8) is 0 Å². The van der Waals surface area contributed by atoms with Gasteiger partial charge in [0.25, 0.3) is 0 Å². The number of piperidine rings is 1. The molecule has 2 aliphatic rings. The van der Waals surface area contributed by atoms with Crippen molar-refractivity contribution < 1.29 is 4.74 Å². The Balaban J connectivity index is 1.43. The highest BCUT2D eigenvalue weighted by molar-refractivity contribution is 6.31. The largest absolute Gasteiger partial charge is 0.381 e. The van der Waals surface area contributed by atoms with Gasteiger partial charge in [0, 0.05) is 41.4 Å². The molecule has 0 aliphatic carbocycles. The molecule has 2 saturated heterocycles. The molecule has 8 heteroatoms. The van der Waals surface area contributed by atoms with Crippen molar-refractivity contribution in [2.45, 2.75) is 18.9 Å². The van der Waals surface area contributed by atoms with Crippen LogP contribution in [0.3, 0.4) is 0 Å². The van der Waals surface area contributed by atoms with E-state index in [-0.39, 0.29) is 0 Å². The molecule has 4 aromatic rings. The van der Waals surface area contributed by atoms with Crippen molar-refractivity contribution in [3.05, 3.63) is 47.6 Å². The quantitative estimate of drug-likeness (QED) is 0.416. The van der Waals surface area contributed by atoms with Gasteiger partial charge in [-0.1, -0.05) is 11.6 Å². The Morgan fingerprint density at radius 3 is 2.70 bits per heavy atom. The Morgan fingerprint density at radius 2 is 1.85 bits per heavy atom. The Morgan fingerprint density at radius 1 is 1.03 bits per heavy atom. The molecule has 33 heavy (non-hydrogen) atoms. The summed E-state index contributed by atoms with van der Waals surface area (Å²) >= 11 is 6.38. The number of hydrogen-bond donors (Lipinski definition) is 3. The summed E-state index contributed by atoms with van der Waals surface area (Å²) in [6, 6.07) is 12.7. The van der Waals surface area contributed by atoms with Gasteiger partial charge in [0.05, 0.1) is 41.0 Å². The maximum Gasteiger partial charge on any atom is 0.142 e. The topological polar surface area (TPSA) is 78.1 Å². The molecule has 0 amide bonds. The Labute approximate surface area is 197 Å². The van der Waals surface area contributed by atoms with E-state index in [2.05, 4.69) is 38.7 Å². The standard InChI is InChI=1S/C25H27ClN6O/c26-16-1-3-21-19(13-16)24(29-17-5-7-27-8-6-17)20(15-28-21)25-30-22-4-2-18(14-23(22)31-25)32-9-11-33-12-10-32/h1-4,13-15,17,27H,5-12H2,(H,28,29)(H,30,31). The highest BCUT2D eigenvalue weighted by Gasteiger charge is 2.20. The number of anilines is 2. The zero-order valence-electron chi connectivity index (χ0n) is 18.4. The lowest BCUT2D eigenvalue weighted by molar-refractivity contribution is 0.122. The van der Waals surface area contributed by atoms with E-state index in [9.17, 15) is 0 Å². The molecule has 7 nitrogen and oxygen atoms in total. The summed E-state index contributed by atoms with van der Waals surface area (Å²) in [6.45, 7) is 5.39. The fourth-order valence-corrected chi connectivity index (χ4v) is 4.99. The lowest BCUT2D eigenvalue weighted by Crippen LogP contribution is -2.36. The molecule has 0 saturated carbocycles. The third-order valence-corrected chi connectivity index (χ3v) is 6.85. The minimum atomic E-state index is 0.395. The second-order valence-electron chi connectivity index (χ2n) is 8.76. The van der Waals surface area contributed by atoms with Crippen molar-refractivity contribution in [1.82, 2.24) is 20.3 Å². The van der Waals surface area contributed by atoms with E-state index >= 15 is 0 Å². The van der Waals surface area contributed by atoms with Gasteiger partial charge in [0.2, 0.25) is 0 Å². The second-order valence-corrected chi connectivity index (χ2v) is 9.20. The Kier molecular flexibility index (Phi) is 5.54. The van der Waals surface area contributed by atoms with Gasteiger partial charge in [-0.25, -0.2) is 4.98 Å². The molecule has 4 heterocycles. The van der Waals surface area contributed by atoms with Gasteiger partial charge in [-0.05, 0) is 62.3 Å². The lowest BCUT2D eigenvalue weighted by atomic mass is 10.0. The average Bonchev–Trinajstić information content (AvgIpc) is 3.29. The zero-order valence-corrected chi connectivity index (χ0v) is 19.2. The van der Waals surface area contributed by atoms with E-state index in [1.807, 2.05) is 24.4 Å². The van der Waals surface area contributed by atoms with E-state index in [0.29, 0.717) is 11.1 Å². The molecule has 2 fully saturated rings. The minimum absolute atomic E-state index is 0.395. The van der Waals surface area contributed by atoms with Gasteiger partial charge in [0.15, 0.2) is 0 Å². The van der Waals surface area contributed by atoms with Crippen LogP contribution < -0.4 is 15.5 Å². The number of benzene rings is 2. The normalized spacial score (nSPS) is 17.7. The molecule has 3 N–H and O–H groups in total. The first-order valence-corrected chi connectivity index (χ1v) is 12.0. The third-order valence-electron chi connectivity index (χ3n) is 6.61. The maximum absolute atomic E-state index is 6.38. The summed E-state index contributed by atoms with van der Waals surface area (Å²) in [5, 5.41) is 8.97. The molecule has 6 rings (SSSR count). The predicted octanol–water partition coefficient (Wildman–Crippen LogP) is 4.43. The number of halogens is 1. The van der Waals surface area contributed by atoms with Crippen LogP contribution in [0, 0.1) is 0 Å². The number of hydrogen-bond acceptors (Lipinski definition) is 6. The number of pyridine rings is 1. The fourth-order valence-electron chi connectivity index (χ4n) is 4.81. The SMILES string of the molecule is Clc1ccc2ncc(-c3nc4ccc(N5CCOCC5)cc4[nH]3)c(NC3CCNCC3)c2c1. The first-order chi connectivity index (χ1) is 16.2. The Bertz CT molecular complexity index is 1290. The van der Waals surface area contributed by atoms with E-state index in [1.54, 1.807) is 0 Å². The number of H-pyrrole nitrogens is 1. The van der Waals surface area contributed by atoms with E-state index in [1.165, 1.54) is 5.69 Å². The van der Waals surface area contributed by atoms with Gasteiger partial charge in [0.1, 0.15) is 5.82 Å². The van der Waals surface area contributed by atoms with Gasteiger partial charge < -0.3 is 25.3 Å². The highest BCUT2D eigenvalue weighted by Crippen LogP contribution is 2.36. The van der Waals surface area contributed by atoms with E-state index < -0.39 is 0 Å². The minimum Gasteiger partial charge on any atom is -0.381 e. The molecular formula is C25H27ClN6O. The van der Waals surface area contributed by atoms with Crippen LogP contribution in [0.5, 0.6) is 0 Å². The van der Waals surface area contributed by atoms with Crippen LogP contribution in [0.25, 0.3) is 33.3 Å². The third kappa shape index (κ3) is 4.12. The molecule has 2 aromatic carbocycles. The molecule has 0 bridgehead atoms. The number of aromatic nitrogens is 3. The van der Waals surface area contributed by atoms with Crippen molar-refractivity contribution in [2.75, 3.05) is 49.6 Å². The summed E-state index contributed by atoms with van der Waals surface area (Å²) in [7, 11) is 0. The van der Waals surface area contributed by atoms with Crippen molar-refractivity contribution in [2.24, 2.45) is 0 Å². The number of morpholine rings is 1. The van der Waals surface area contributed by atoms with E-state index in [4.69, 9.17) is 26.3 Å². The van der Waals surface area contributed by atoms with E-state index in [0.717, 1.165) is 91.2 Å². The molecule has 2 aromatic heterocycles. The first-order valence-electron chi connectivity index (χ1n) is 11.6. The van der Waals surface area contributed by atoms with Crippen LogP contribution in [-0.2, 0) is 4.74 Å². The summed E-state index contributed by atoms with van der Waals surface area (Å²) < 4.78 is 5.50. The van der Waals surface area contributed by atoms with Crippen LogP contribution in [0.1, 0.15) is 12.8 Å². The van der Waals surface area contributed by atoms with Crippen LogP contribution in [0.2, 0.25) is 5.02 Å². The van der Waals surface area contributed by atoms with Crippen LogP contribution in [0.4, 0.5) is 11.4 Å². The molecular weight excluding hydrogens is 436 g/mol. The lowest BCUT2D eigenvalue weighted by Gasteiger charge is -2.28. The summed E-state index contributed by atoms with van der Waals surface area (Å²) in [4.78, 5) is 15.6. The number of nitrogens with zero attached hydrogens (tertiary/aromatic N) is 3. The number of aromatic amines is 1. The zero-order chi connectivity index (χ0) is 22.2. The molecule has 0 spiro atoms. The first kappa shape index (κ1) is 20.7. The molecule has 0 radical (unpaired) electrons. The van der Waals surface area contributed by atoms with Gasteiger partial charge in [-0.3, -0.25) is 4.98 Å². The smallest absolute Gasteiger partial charge is 0.142 e. The summed E-state index contributed by atoms with van der Waals surface area (Å²) in [5.74, 6) is 0.815. The average molecular weight is 463 g/mol. The second kappa shape index (κ2) is 8.82. The number of nitrogens with one attached hydrogen (secondary N) is 3. The number of rotatable bonds is 4. The number of imidazole rings is 1. The van der Waals surface area contributed by atoms with Gasteiger partial charge in [-0.15, -0.1) is 0 Å². The van der Waals surface area contributed by atoms with Crippen LogP contribution in [0.15, 0.2) is 42.6 Å². The maximum atomic E-state index is 6.38.